The van der Waals surface area contributed by atoms with Gasteiger partial charge in [-0.2, -0.15) is 0 Å². The van der Waals surface area contributed by atoms with Crippen molar-refractivity contribution in [1.29, 1.82) is 0 Å². The maximum absolute atomic E-state index is 13.0. The summed E-state index contributed by atoms with van der Waals surface area (Å²) in [6.45, 7) is 0. The van der Waals surface area contributed by atoms with Crippen molar-refractivity contribution in [2.75, 3.05) is 35.5 Å². The molecule has 0 saturated carbocycles. The molecule has 0 amide bonds. The van der Waals surface area contributed by atoms with Crippen LogP contribution in [0.15, 0.2) is 48.5 Å². The van der Waals surface area contributed by atoms with Crippen LogP contribution in [0.3, 0.4) is 0 Å². The van der Waals surface area contributed by atoms with Crippen molar-refractivity contribution in [2.24, 2.45) is 17.8 Å². The fourth-order valence-electron chi connectivity index (χ4n) is 4.71. The summed E-state index contributed by atoms with van der Waals surface area (Å²) in [7, 11) is 6.57. The molecule has 3 rings (SSSR count). The Bertz CT molecular complexity index is 1090. The molecule has 1 heterocycles. The van der Waals surface area contributed by atoms with Gasteiger partial charge in [0.1, 0.15) is 17.6 Å². The molecule has 4 unspecified atom stereocenters. The van der Waals surface area contributed by atoms with E-state index in [9.17, 15) is 19.2 Å². The molecular weight excluding hydrogens is 484 g/mol. The number of methoxy groups -OCH3 is 5. The van der Waals surface area contributed by atoms with Gasteiger partial charge in [0.15, 0.2) is 11.8 Å². The summed E-state index contributed by atoms with van der Waals surface area (Å²) >= 11 is 0. The predicted molar refractivity (Wildman–Crippen MR) is 129 cm³/mol. The van der Waals surface area contributed by atoms with Gasteiger partial charge in [0, 0.05) is 5.92 Å². The highest BCUT2D eigenvalue weighted by Gasteiger charge is 2.54. The highest BCUT2D eigenvalue weighted by atomic mass is 16.6. The summed E-state index contributed by atoms with van der Waals surface area (Å²) in [4.78, 5) is 51.1. The molecule has 198 valence electrons. The Kier molecular flexibility index (Phi) is 9.10. The minimum absolute atomic E-state index is 0.118. The second-order valence-corrected chi connectivity index (χ2v) is 8.42. The summed E-state index contributed by atoms with van der Waals surface area (Å²) in [5.74, 6) is -6.13. The Morgan fingerprint density at radius 2 is 1.30 bits per heavy atom. The van der Waals surface area contributed by atoms with Crippen LogP contribution in [-0.2, 0) is 38.1 Å². The molecule has 0 N–H and O–H groups in total. The summed E-state index contributed by atoms with van der Waals surface area (Å²) in [6.07, 6.45) is -1.00. The van der Waals surface area contributed by atoms with Crippen LogP contribution in [0.1, 0.15) is 29.6 Å². The van der Waals surface area contributed by atoms with E-state index in [4.69, 9.17) is 28.4 Å². The molecule has 10 heteroatoms. The molecule has 1 saturated heterocycles. The number of benzene rings is 2. The van der Waals surface area contributed by atoms with Crippen molar-refractivity contribution in [1.82, 2.24) is 0 Å². The van der Waals surface area contributed by atoms with Crippen LogP contribution in [0.4, 0.5) is 0 Å². The van der Waals surface area contributed by atoms with Gasteiger partial charge in [-0.25, -0.2) is 0 Å². The Morgan fingerprint density at radius 3 is 1.76 bits per heavy atom. The molecule has 37 heavy (non-hydrogen) atoms. The largest absolute Gasteiger partial charge is 0.497 e. The number of rotatable bonds is 10. The third-order valence-electron chi connectivity index (χ3n) is 6.60. The third kappa shape index (κ3) is 5.84. The van der Waals surface area contributed by atoms with E-state index in [0.717, 1.165) is 0 Å². The lowest BCUT2D eigenvalue weighted by molar-refractivity contribution is -0.159. The first-order valence-electron chi connectivity index (χ1n) is 11.5. The highest BCUT2D eigenvalue weighted by molar-refractivity contribution is 5.97. The molecule has 0 aliphatic carbocycles. The van der Waals surface area contributed by atoms with E-state index >= 15 is 0 Å². The highest BCUT2D eigenvalue weighted by Crippen LogP contribution is 2.50. The van der Waals surface area contributed by atoms with Crippen molar-refractivity contribution in [3.63, 3.8) is 0 Å². The topological polar surface area (TPSA) is 124 Å². The lowest BCUT2D eigenvalue weighted by Gasteiger charge is -2.31. The maximum Gasteiger partial charge on any atom is 0.321 e. The fourth-order valence-corrected chi connectivity index (χ4v) is 4.71. The van der Waals surface area contributed by atoms with Gasteiger partial charge in [-0.3, -0.25) is 19.2 Å². The molecule has 0 radical (unpaired) electrons. The first kappa shape index (κ1) is 27.5. The molecule has 2 aromatic rings. The third-order valence-corrected chi connectivity index (χ3v) is 6.60. The molecule has 10 nitrogen and oxygen atoms in total. The van der Waals surface area contributed by atoms with Gasteiger partial charge in [0.2, 0.25) is 0 Å². The average molecular weight is 515 g/mol. The SMILES string of the molecule is COC(=O)C(CC(c1ccc(OC)cc1)C1C(C(=O)OC)C(=O)OC1c1ccc(OC)cc1)C(=O)OC. The van der Waals surface area contributed by atoms with E-state index < -0.39 is 53.7 Å². The van der Waals surface area contributed by atoms with Crippen molar-refractivity contribution in [3.8, 4) is 11.5 Å². The minimum atomic E-state index is -1.31. The van der Waals surface area contributed by atoms with Gasteiger partial charge >= 0.3 is 23.9 Å². The summed E-state index contributed by atoms with van der Waals surface area (Å²) in [6, 6.07) is 13.8. The molecule has 0 bridgehead atoms. The van der Waals surface area contributed by atoms with Gasteiger partial charge in [-0.05, 0) is 47.7 Å². The summed E-state index contributed by atoms with van der Waals surface area (Å²) in [5.41, 5.74) is 1.26. The average Bonchev–Trinajstić information content (AvgIpc) is 3.29. The lowest BCUT2D eigenvalue weighted by atomic mass is 9.71. The fraction of sp³-hybridized carbons (Fsp3) is 0.407. The van der Waals surface area contributed by atoms with Crippen LogP contribution in [0, 0.1) is 17.8 Å². The number of carbonyl (C=O) groups is 4. The Labute approximate surface area is 214 Å². The minimum Gasteiger partial charge on any atom is -0.497 e. The Balaban J connectivity index is 2.18. The van der Waals surface area contributed by atoms with Crippen molar-refractivity contribution < 1.29 is 47.6 Å². The second kappa shape index (κ2) is 12.2. The predicted octanol–water partition coefficient (Wildman–Crippen LogP) is 2.84. The number of hydrogen-bond acceptors (Lipinski definition) is 10. The molecule has 4 atom stereocenters. The first-order valence-corrected chi connectivity index (χ1v) is 11.5. The monoisotopic (exact) mass is 514 g/mol. The molecule has 2 aromatic carbocycles. The van der Waals surface area contributed by atoms with Gasteiger partial charge in [-0.1, -0.05) is 24.3 Å². The van der Waals surface area contributed by atoms with E-state index in [1.54, 1.807) is 48.5 Å². The molecular formula is C27H30O10. The zero-order chi connectivity index (χ0) is 27.1. The zero-order valence-electron chi connectivity index (χ0n) is 21.3. The van der Waals surface area contributed by atoms with Crippen LogP contribution in [0.25, 0.3) is 0 Å². The molecule has 1 aliphatic heterocycles. The van der Waals surface area contributed by atoms with Gasteiger partial charge < -0.3 is 28.4 Å². The van der Waals surface area contributed by atoms with Gasteiger partial charge in [0.05, 0.1) is 35.5 Å². The second-order valence-electron chi connectivity index (χ2n) is 8.42. The quantitative estimate of drug-likeness (QED) is 0.266. The molecule has 0 spiro atoms. The Hall–Kier alpha value is -4.08. The molecule has 0 aromatic heterocycles. The van der Waals surface area contributed by atoms with Crippen molar-refractivity contribution in [3.05, 3.63) is 59.7 Å². The number of esters is 4. The van der Waals surface area contributed by atoms with Crippen LogP contribution in [0.5, 0.6) is 11.5 Å². The zero-order valence-corrected chi connectivity index (χ0v) is 21.3. The number of carbonyl (C=O) groups excluding carboxylic acids is 4. The van der Waals surface area contributed by atoms with Crippen LogP contribution < -0.4 is 9.47 Å². The van der Waals surface area contributed by atoms with E-state index in [1.165, 1.54) is 35.5 Å². The van der Waals surface area contributed by atoms with E-state index in [1.807, 2.05) is 0 Å². The van der Waals surface area contributed by atoms with Crippen molar-refractivity contribution >= 4 is 23.9 Å². The van der Waals surface area contributed by atoms with Crippen LogP contribution >= 0.6 is 0 Å². The number of cyclic esters (lactones) is 1. The molecule has 1 aliphatic rings. The van der Waals surface area contributed by atoms with E-state index in [-0.39, 0.29) is 6.42 Å². The smallest absolute Gasteiger partial charge is 0.321 e. The maximum atomic E-state index is 13.0. The lowest BCUT2D eigenvalue weighted by Crippen LogP contribution is -2.35. The van der Waals surface area contributed by atoms with Crippen LogP contribution in [-0.4, -0.2) is 59.4 Å². The summed E-state index contributed by atoms with van der Waals surface area (Å²) in [5, 5.41) is 0. The molecule has 1 fully saturated rings. The first-order chi connectivity index (χ1) is 17.8. The normalized spacial score (nSPS) is 19.5. The van der Waals surface area contributed by atoms with Crippen molar-refractivity contribution in [2.45, 2.75) is 18.4 Å². The number of hydrogen-bond donors (Lipinski definition) is 0. The van der Waals surface area contributed by atoms with Crippen LogP contribution in [0.2, 0.25) is 0 Å². The van der Waals surface area contributed by atoms with Gasteiger partial charge in [-0.15, -0.1) is 0 Å². The number of ether oxygens (including phenoxy) is 6. The standard InChI is InChI=1S/C27H30O10/c1-32-17-10-6-15(7-11-17)19(14-20(24(28)34-3)25(29)35-4)21-22(26(30)36-5)27(31)37-23(21)16-8-12-18(33-2)13-9-16/h6-13,19-23H,14H2,1-5H3. The van der Waals surface area contributed by atoms with E-state index in [2.05, 4.69) is 0 Å². The Morgan fingerprint density at radius 1 is 0.784 bits per heavy atom. The van der Waals surface area contributed by atoms with Gasteiger partial charge in [0.25, 0.3) is 0 Å². The van der Waals surface area contributed by atoms with E-state index in [0.29, 0.717) is 22.6 Å². The summed E-state index contributed by atoms with van der Waals surface area (Å²) < 4.78 is 30.9.